The second-order valence-electron chi connectivity index (χ2n) is 4.99. The molecule has 1 aromatic heterocycles. The second-order valence-corrected chi connectivity index (χ2v) is 6.05. The molecular formula is C15H21N3OS. The maximum atomic E-state index is 5.86. The molecule has 1 aromatic carbocycles. The Morgan fingerprint density at radius 1 is 1.35 bits per heavy atom. The van der Waals surface area contributed by atoms with E-state index in [0.717, 1.165) is 28.4 Å². The van der Waals surface area contributed by atoms with Crippen molar-refractivity contribution in [3.8, 4) is 5.75 Å². The number of benzene rings is 1. The monoisotopic (exact) mass is 291 g/mol. The van der Waals surface area contributed by atoms with Crippen LogP contribution >= 0.6 is 11.3 Å². The fraction of sp³-hybridized carbons (Fsp3) is 0.400. The van der Waals surface area contributed by atoms with Crippen molar-refractivity contribution in [3.05, 3.63) is 45.9 Å². The molecule has 20 heavy (non-hydrogen) atoms. The fourth-order valence-electron chi connectivity index (χ4n) is 2.10. The van der Waals surface area contributed by atoms with Crippen molar-refractivity contribution in [2.24, 2.45) is 5.84 Å². The van der Waals surface area contributed by atoms with E-state index in [0.29, 0.717) is 0 Å². The van der Waals surface area contributed by atoms with E-state index in [4.69, 9.17) is 10.6 Å². The number of nitrogens with one attached hydrogen (secondary N) is 1. The van der Waals surface area contributed by atoms with E-state index in [2.05, 4.69) is 15.8 Å². The Morgan fingerprint density at radius 2 is 2.10 bits per heavy atom. The molecule has 0 fully saturated rings. The quantitative estimate of drug-likeness (QED) is 0.634. The van der Waals surface area contributed by atoms with E-state index in [1.807, 2.05) is 45.0 Å². The van der Waals surface area contributed by atoms with Gasteiger partial charge in [-0.15, -0.1) is 11.3 Å². The van der Waals surface area contributed by atoms with Gasteiger partial charge in [0.1, 0.15) is 5.75 Å². The molecule has 0 saturated heterocycles. The first kappa shape index (κ1) is 15.0. The third kappa shape index (κ3) is 3.79. The number of nitrogens with zero attached hydrogens (tertiary/aromatic N) is 1. The minimum atomic E-state index is -0.00792. The number of hydrazine groups is 1. The van der Waals surface area contributed by atoms with Gasteiger partial charge >= 0.3 is 0 Å². The second kappa shape index (κ2) is 6.83. The molecule has 108 valence electrons. The Bertz CT molecular complexity index is 554. The summed E-state index contributed by atoms with van der Waals surface area (Å²) in [6.45, 7) is 6.05. The van der Waals surface area contributed by atoms with E-state index in [9.17, 15) is 0 Å². The van der Waals surface area contributed by atoms with Crippen molar-refractivity contribution < 1.29 is 4.74 Å². The molecule has 1 heterocycles. The topological polar surface area (TPSA) is 60.2 Å². The highest BCUT2D eigenvalue weighted by molar-refractivity contribution is 7.09. The first-order valence-electron chi connectivity index (χ1n) is 6.73. The number of hydrogen-bond donors (Lipinski definition) is 2. The maximum absolute atomic E-state index is 5.86. The molecule has 0 amide bonds. The van der Waals surface area contributed by atoms with Crippen LogP contribution in [-0.2, 0) is 6.42 Å². The number of hydrogen-bond acceptors (Lipinski definition) is 5. The average Bonchev–Trinajstić information content (AvgIpc) is 2.82. The van der Waals surface area contributed by atoms with Crippen molar-refractivity contribution in [2.45, 2.75) is 39.3 Å². The molecule has 0 spiro atoms. The lowest BCUT2D eigenvalue weighted by Crippen LogP contribution is -2.30. The molecule has 2 aromatic rings. The van der Waals surface area contributed by atoms with Crippen LogP contribution in [0.5, 0.6) is 5.75 Å². The average molecular weight is 291 g/mol. The van der Waals surface area contributed by atoms with Crippen molar-refractivity contribution in [2.75, 3.05) is 0 Å². The molecule has 0 aliphatic heterocycles. The number of ether oxygens (including phenoxy) is 1. The van der Waals surface area contributed by atoms with E-state index in [1.54, 1.807) is 11.3 Å². The van der Waals surface area contributed by atoms with Gasteiger partial charge in [-0.1, -0.05) is 18.2 Å². The van der Waals surface area contributed by atoms with Gasteiger partial charge < -0.3 is 4.74 Å². The van der Waals surface area contributed by atoms with Crippen LogP contribution in [0.1, 0.15) is 36.2 Å². The smallest absolute Gasteiger partial charge is 0.124 e. The molecule has 3 N–H and O–H groups in total. The number of nitrogens with two attached hydrogens (primary N) is 1. The summed E-state index contributed by atoms with van der Waals surface area (Å²) in [6.07, 6.45) is 0.885. The van der Waals surface area contributed by atoms with Crippen LogP contribution < -0.4 is 16.0 Å². The Hall–Kier alpha value is -1.43. The van der Waals surface area contributed by atoms with Crippen LogP contribution in [0.15, 0.2) is 29.6 Å². The number of rotatable bonds is 6. The van der Waals surface area contributed by atoms with Crippen molar-refractivity contribution in [1.29, 1.82) is 0 Å². The van der Waals surface area contributed by atoms with Gasteiger partial charge in [0.15, 0.2) is 0 Å². The molecule has 1 unspecified atom stereocenters. The molecule has 0 bridgehead atoms. The van der Waals surface area contributed by atoms with Gasteiger partial charge in [-0.3, -0.25) is 11.3 Å². The lowest BCUT2D eigenvalue weighted by molar-refractivity contribution is 0.237. The summed E-state index contributed by atoms with van der Waals surface area (Å²) in [7, 11) is 0. The zero-order chi connectivity index (χ0) is 14.5. The Labute approximate surface area is 124 Å². The zero-order valence-corrected chi connectivity index (χ0v) is 12.9. The maximum Gasteiger partial charge on any atom is 0.124 e. The van der Waals surface area contributed by atoms with Crippen LogP contribution in [0, 0.1) is 6.92 Å². The molecule has 0 aliphatic carbocycles. The minimum Gasteiger partial charge on any atom is -0.491 e. The molecule has 0 saturated carbocycles. The summed E-state index contributed by atoms with van der Waals surface area (Å²) in [5.74, 6) is 6.60. The third-order valence-electron chi connectivity index (χ3n) is 2.94. The highest BCUT2D eigenvalue weighted by Crippen LogP contribution is 2.28. The normalized spacial score (nSPS) is 12.7. The van der Waals surface area contributed by atoms with Gasteiger partial charge in [-0.2, -0.15) is 0 Å². The molecule has 4 nitrogen and oxygen atoms in total. The standard InChI is InChI=1S/C15H21N3OS/c1-10(2)19-15-7-5-4-6-13(15)14(18-16)8-12-9-20-11(3)17-12/h4-7,9-10,14,18H,8,16H2,1-3H3. The number of aryl methyl sites for hydroxylation is 1. The molecule has 5 heteroatoms. The number of thiazole rings is 1. The van der Waals surface area contributed by atoms with Crippen molar-refractivity contribution in [1.82, 2.24) is 10.4 Å². The summed E-state index contributed by atoms with van der Waals surface area (Å²) < 4.78 is 5.86. The lowest BCUT2D eigenvalue weighted by Gasteiger charge is -2.20. The first-order chi connectivity index (χ1) is 9.60. The minimum absolute atomic E-state index is 0.00792. The summed E-state index contributed by atoms with van der Waals surface area (Å²) in [5.41, 5.74) is 4.99. The van der Waals surface area contributed by atoms with E-state index in [-0.39, 0.29) is 12.1 Å². The summed E-state index contributed by atoms with van der Waals surface area (Å²) in [6, 6.07) is 7.99. The zero-order valence-electron chi connectivity index (χ0n) is 12.1. The highest BCUT2D eigenvalue weighted by atomic mass is 32.1. The molecule has 1 atom stereocenters. The highest BCUT2D eigenvalue weighted by Gasteiger charge is 2.17. The lowest BCUT2D eigenvalue weighted by atomic mass is 10.0. The molecule has 0 radical (unpaired) electrons. The van der Waals surface area contributed by atoms with Crippen LogP contribution in [0.25, 0.3) is 0 Å². The predicted octanol–water partition coefficient (Wildman–Crippen LogP) is 2.99. The van der Waals surface area contributed by atoms with Gasteiger partial charge in [0.05, 0.1) is 22.8 Å². The predicted molar refractivity (Wildman–Crippen MR) is 82.8 cm³/mol. The molecule has 2 rings (SSSR count). The number of aromatic nitrogens is 1. The molecule has 0 aliphatic rings. The van der Waals surface area contributed by atoms with Gasteiger partial charge in [-0.05, 0) is 26.8 Å². The SMILES string of the molecule is Cc1nc(CC(NN)c2ccccc2OC(C)C)cs1. The fourth-order valence-corrected chi connectivity index (χ4v) is 2.72. The Morgan fingerprint density at radius 3 is 2.70 bits per heavy atom. The van der Waals surface area contributed by atoms with Crippen LogP contribution in [0.3, 0.4) is 0 Å². The van der Waals surface area contributed by atoms with Gasteiger partial charge in [-0.25, -0.2) is 4.98 Å². The van der Waals surface area contributed by atoms with E-state index < -0.39 is 0 Å². The van der Waals surface area contributed by atoms with Gasteiger partial charge in [0.25, 0.3) is 0 Å². The summed E-state index contributed by atoms with van der Waals surface area (Å²) >= 11 is 1.66. The van der Waals surface area contributed by atoms with Crippen LogP contribution in [-0.4, -0.2) is 11.1 Å². The Balaban J connectivity index is 2.22. The summed E-state index contributed by atoms with van der Waals surface area (Å²) in [5, 5.41) is 3.15. The summed E-state index contributed by atoms with van der Waals surface area (Å²) in [4.78, 5) is 4.50. The number of para-hydroxylation sites is 1. The third-order valence-corrected chi connectivity index (χ3v) is 3.76. The van der Waals surface area contributed by atoms with Gasteiger partial charge in [0, 0.05) is 17.4 Å². The van der Waals surface area contributed by atoms with Crippen LogP contribution in [0.2, 0.25) is 0 Å². The van der Waals surface area contributed by atoms with E-state index in [1.165, 1.54) is 0 Å². The first-order valence-corrected chi connectivity index (χ1v) is 7.61. The van der Waals surface area contributed by atoms with Crippen LogP contribution in [0.4, 0.5) is 0 Å². The van der Waals surface area contributed by atoms with Crippen molar-refractivity contribution in [3.63, 3.8) is 0 Å². The molecular weight excluding hydrogens is 270 g/mol. The van der Waals surface area contributed by atoms with Crippen molar-refractivity contribution >= 4 is 11.3 Å². The Kier molecular flexibility index (Phi) is 5.11. The largest absolute Gasteiger partial charge is 0.491 e. The van der Waals surface area contributed by atoms with Gasteiger partial charge in [0.2, 0.25) is 0 Å². The van der Waals surface area contributed by atoms with E-state index >= 15 is 0 Å².